The summed E-state index contributed by atoms with van der Waals surface area (Å²) in [6, 6.07) is -0.451. The van der Waals surface area contributed by atoms with Gasteiger partial charge in [0.1, 0.15) is 11.6 Å². The minimum atomic E-state index is -0.844. The minimum Gasteiger partial charge on any atom is -0.380 e. The van der Waals surface area contributed by atoms with Gasteiger partial charge in [0, 0.05) is 13.2 Å². The van der Waals surface area contributed by atoms with E-state index in [9.17, 15) is 9.59 Å². The summed E-state index contributed by atoms with van der Waals surface area (Å²) in [5.74, 6) is -0.130. The molecule has 0 radical (unpaired) electrons. The summed E-state index contributed by atoms with van der Waals surface area (Å²) < 4.78 is 5.47. The molecule has 1 unspecified atom stereocenters. The Hall–Kier alpha value is -1.10. The maximum atomic E-state index is 12.6. The average Bonchev–Trinajstić information content (AvgIpc) is 2.28. The molecule has 1 heterocycles. The van der Waals surface area contributed by atoms with Gasteiger partial charge in [-0.05, 0) is 25.7 Å². The van der Waals surface area contributed by atoms with Gasteiger partial charge in [-0.15, -0.1) is 0 Å². The van der Waals surface area contributed by atoms with Crippen molar-refractivity contribution < 1.29 is 14.3 Å². The molecule has 20 heavy (non-hydrogen) atoms. The molecule has 1 fully saturated rings. The van der Waals surface area contributed by atoms with E-state index in [4.69, 9.17) is 4.74 Å². The van der Waals surface area contributed by atoms with Crippen molar-refractivity contribution in [3.05, 3.63) is 0 Å². The Balaban J connectivity index is 2.90. The smallest absolute Gasteiger partial charge is 0.248 e. The van der Waals surface area contributed by atoms with Crippen molar-refractivity contribution in [3.8, 4) is 0 Å². The number of ether oxygens (including phenoxy) is 1. The number of hydrogen-bond donors (Lipinski definition) is 1. The van der Waals surface area contributed by atoms with Gasteiger partial charge in [-0.25, -0.2) is 0 Å². The van der Waals surface area contributed by atoms with E-state index in [0.717, 1.165) is 6.42 Å². The fourth-order valence-corrected chi connectivity index (χ4v) is 2.55. The molecular formula is C15H28N2O3. The number of amides is 2. The van der Waals surface area contributed by atoms with E-state index < -0.39 is 11.6 Å². The molecule has 1 aliphatic heterocycles. The summed E-state index contributed by atoms with van der Waals surface area (Å²) in [6.07, 6.45) is 0.947. The van der Waals surface area contributed by atoms with Crippen LogP contribution in [0.1, 0.15) is 48.0 Å². The van der Waals surface area contributed by atoms with Crippen molar-refractivity contribution in [2.75, 3.05) is 19.8 Å². The predicted molar refractivity (Wildman–Crippen MR) is 78.3 cm³/mol. The summed E-state index contributed by atoms with van der Waals surface area (Å²) in [5, 5.41) is 2.82. The van der Waals surface area contributed by atoms with Crippen molar-refractivity contribution >= 4 is 11.8 Å². The van der Waals surface area contributed by atoms with Gasteiger partial charge >= 0.3 is 0 Å². The van der Waals surface area contributed by atoms with E-state index >= 15 is 0 Å². The average molecular weight is 284 g/mol. The number of piperazine rings is 1. The Morgan fingerprint density at radius 1 is 1.25 bits per heavy atom. The largest absolute Gasteiger partial charge is 0.380 e. The van der Waals surface area contributed by atoms with Crippen molar-refractivity contribution in [2.45, 2.75) is 59.5 Å². The van der Waals surface area contributed by atoms with Crippen LogP contribution in [-0.2, 0) is 14.3 Å². The van der Waals surface area contributed by atoms with E-state index in [-0.39, 0.29) is 17.2 Å². The lowest BCUT2D eigenvalue weighted by Crippen LogP contribution is -2.71. The first-order valence-electron chi connectivity index (χ1n) is 7.32. The van der Waals surface area contributed by atoms with Crippen LogP contribution in [0.3, 0.4) is 0 Å². The number of nitrogens with one attached hydrogen (secondary N) is 1. The van der Waals surface area contributed by atoms with Crippen LogP contribution in [0.2, 0.25) is 0 Å². The SMILES string of the molecule is CCCOCCN1C(=O)C(C)(C)NC(=O)C1C(C)(C)C. The Labute approximate surface area is 122 Å². The molecule has 0 aromatic carbocycles. The van der Waals surface area contributed by atoms with Crippen LogP contribution in [0.15, 0.2) is 0 Å². The Morgan fingerprint density at radius 3 is 2.35 bits per heavy atom. The molecule has 1 rings (SSSR count). The molecule has 0 aliphatic carbocycles. The van der Waals surface area contributed by atoms with Gasteiger partial charge in [0.25, 0.3) is 0 Å². The second-order valence-electron chi connectivity index (χ2n) is 6.99. The van der Waals surface area contributed by atoms with E-state index in [2.05, 4.69) is 5.32 Å². The molecular weight excluding hydrogens is 256 g/mol. The fraction of sp³-hybridized carbons (Fsp3) is 0.867. The molecule has 0 spiro atoms. The van der Waals surface area contributed by atoms with E-state index in [1.54, 1.807) is 18.7 Å². The van der Waals surface area contributed by atoms with E-state index in [1.807, 2.05) is 27.7 Å². The summed E-state index contributed by atoms with van der Waals surface area (Å²) >= 11 is 0. The number of carbonyl (C=O) groups is 2. The second kappa shape index (κ2) is 6.12. The highest BCUT2D eigenvalue weighted by molar-refractivity contribution is 5.99. The molecule has 1 aliphatic rings. The summed E-state index contributed by atoms with van der Waals surface area (Å²) in [6.45, 7) is 13.1. The maximum absolute atomic E-state index is 12.6. The first-order valence-corrected chi connectivity index (χ1v) is 7.32. The van der Waals surface area contributed by atoms with Crippen LogP contribution in [0, 0.1) is 5.41 Å². The molecule has 1 atom stereocenters. The summed E-state index contributed by atoms with van der Waals surface area (Å²) in [5.41, 5.74) is -1.15. The van der Waals surface area contributed by atoms with Crippen molar-refractivity contribution in [1.29, 1.82) is 0 Å². The fourth-order valence-electron chi connectivity index (χ4n) is 2.55. The topological polar surface area (TPSA) is 58.6 Å². The molecule has 0 saturated carbocycles. The summed E-state index contributed by atoms with van der Waals surface area (Å²) in [4.78, 5) is 26.6. The normalized spacial score (nSPS) is 22.9. The highest BCUT2D eigenvalue weighted by Gasteiger charge is 2.49. The lowest BCUT2D eigenvalue weighted by atomic mass is 9.81. The summed E-state index contributed by atoms with van der Waals surface area (Å²) in [7, 11) is 0. The first-order chi connectivity index (χ1) is 9.11. The van der Waals surface area contributed by atoms with Crippen LogP contribution < -0.4 is 5.32 Å². The van der Waals surface area contributed by atoms with Gasteiger partial charge in [-0.1, -0.05) is 27.7 Å². The Kier molecular flexibility index (Phi) is 5.19. The number of rotatable bonds is 5. The van der Waals surface area contributed by atoms with Gasteiger partial charge in [-0.2, -0.15) is 0 Å². The van der Waals surface area contributed by atoms with Gasteiger partial charge in [-0.3, -0.25) is 9.59 Å². The zero-order valence-corrected chi connectivity index (χ0v) is 13.6. The van der Waals surface area contributed by atoms with Crippen LogP contribution in [0.4, 0.5) is 0 Å². The van der Waals surface area contributed by atoms with Crippen molar-refractivity contribution in [2.24, 2.45) is 5.41 Å². The minimum absolute atomic E-state index is 0.0443. The predicted octanol–water partition coefficient (Wildman–Crippen LogP) is 1.56. The number of hydrogen-bond acceptors (Lipinski definition) is 3. The monoisotopic (exact) mass is 284 g/mol. The second-order valence-corrected chi connectivity index (χ2v) is 6.99. The highest BCUT2D eigenvalue weighted by Crippen LogP contribution is 2.30. The number of carbonyl (C=O) groups excluding carboxylic acids is 2. The molecule has 116 valence electrons. The highest BCUT2D eigenvalue weighted by atomic mass is 16.5. The lowest BCUT2D eigenvalue weighted by Gasteiger charge is -2.47. The third-order valence-electron chi connectivity index (χ3n) is 3.44. The Morgan fingerprint density at radius 2 is 1.85 bits per heavy atom. The zero-order chi connectivity index (χ0) is 15.6. The molecule has 5 heteroatoms. The van der Waals surface area contributed by atoms with Crippen LogP contribution in [-0.4, -0.2) is 48.1 Å². The molecule has 0 aromatic heterocycles. The molecule has 1 saturated heterocycles. The van der Waals surface area contributed by atoms with Gasteiger partial charge in [0.05, 0.1) is 6.61 Å². The van der Waals surface area contributed by atoms with Crippen LogP contribution in [0.25, 0.3) is 0 Å². The quantitative estimate of drug-likeness (QED) is 0.780. The third-order valence-corrected chi connectivity index (χ3v) is 3.44. The molecule has 0 bridgehead atoms. The number of nitrogens with zero attached hydrogens (tertiary/aromatic N) is 1. The first kappa shape index (κ1) is 17.0. The standard InChI is InChI=1S/C15H28N2O3/c1-7-9-20-10-8-17-11(14(2,3)4)12(18)16-15(5,6)13(17)19/h11H,7-10H2,1-6H3,(H,16,18). The molecule has 0 aromatic rings. The van der Waals surface area contributed by atoms with Gasteiger partial charge in [0.2, 0.25) is 11.8 Å². The van der Waals surface area contributed by atoms with Crippen molar-refractivity contribution in [3.63, 3.8) is 0 Å². The maximum Gasteiger partial charge on any atom is 0.248 e. The van der Waals surface area contributed by atoms with Gasteiger partial charge in [0.15, 0.2) is 0 Å². The van der Waals surface area contributed by atoms with Gasteiger partial charge < -0.3 is 15.0 Å². The third kappa shape index (κ3) is 3.72. The lowest BCUT2D eigenvalue weighted by molar-refractivity contribution is -0.158. The Bertz CT molecular complexity index is 372. The molecule has 2 amide bonds. The molecule has 1 N–H and O–H groups in total. The van der Waals surface area contributed by atoms with E-state index in [1.165, 1.54) is 0 Å². The van der Waals surface area contributed by atoms with Crippen LogP contribution >= 0.6 is 0 Å². The van der Waals surface area contributed by atoms with E-state index in [0.29, 0.717) is 19.8 Å². The zero-order valence-electron chi connectivity index (χ0n) is 13.6. The molecule has 5 nitrogen and oxygen atoms in total. The van der Waals surface area contributed by atoms with Crippen LogP contribution in [0.5, 0.6) is 0 Å². The van der Waals surface area contributed by atoms with Crippen molar-refractivity contribution in [1.82, 2.24) is 10.2 Å².